The quantitative estimate of drug-likeness (QED) is 0.249. The summed E-state index contributed by atoms with van der Waals surface area (Å²) in [5, 5.41) is 11.0. The van der Waals surface area contributed by atoms with Crippen LogP contribution >= 0.6 is 11.6 Å². The van der Waals surface area contributed by atoms with Gasteiger partial charge in [0.15, 0.2) is 11.6 Å². The van der Waals surface area contributed by atoms with Crippen molar-refractivity contribution in [3.63, 3.8) is 0 Å². The first kappa shape index (κ1) is 32.0. The van der Waals surface area contributed by atoms with Gasteiger partial charge in [-0.3, -0.25) is 4.79 Å². The summed E-state index contributed by atoms with van der Waals surface area (Å²) in [6.07, 6.45) is -1.06. The van der Waals surface area contributed by atoms with E-state index in [0.29, 0.717) is 12.6 Å². The van der Waals surface area contributed by atoms with Crippen LogP contribution in [-0.2, 0) is 4.79 Å². The van der Waals surface area contributed by atoms with Gasteiger partial charge in [-0.2, -0.15) is 13.2 Å². The second-order valence-corrected chi connectivity index (χ2v) is 10.1. The van der Waals surface area contributed by atoms with Crippen molar-refractivity contribution in [1.82, 2.24) is 5.32 Å². The van der Waals surface area contributed by atoms with Crippen molar-refractivity contribution >= 4 is 23.5 Å². The maximum Gasteiger partial charge on any atom is 0.490 e. The molecule has 1 unspecified atom stereocenters. The molecular weight excluding hydrogens is 569 g/mol. The Labute approximate surface area is 238 Å². The number of benzene rings is 3. The summed E-state index contributed by atoms with van der Waals surface area (Å²) in [4.78, 5) is 20.9. The molecule has 6 N–H and O–H groups in total. The van der Waals surface area contributed by atoms with Crippen molar-refractivity contribution in [3.05, 3.63) is 94.0 Å². The number of aliphatic carboxylic acids is 1. The van der Waals surface area contributed by atoms with Crippen molar-refractivity contribution in [2.24, 2.45) is 11.5 Å². The van der Waals surface area contributed by atoms with Gasteiger partial charge >= 0.3 is 12.1 Å². The molecule has 3 aromatic rings. The van der Waals surface area contributed by atoms with Crippen LogP contribution < -0.4 is 16.8 Å². The van der Waals surface area contributed by atoms with E-state index in [1.54, 1.807) is 12.1 Å². The third-order valence-corrected chi connectivity index (χ3v) is 7.18. The number of alkyl halides is 3. The topological polar surface area (TPSA) is 118 Å². The molecule has 1 amide bonds. The molecule has 1 aliphatic rings. The van der Waals surface area contributed by atoms with Gasteiger partial charge in [-0.15, -0.1) is 0 Å². The van der Waals surface area contributed by atoms with Crippen LogP contribution in [-0.4, -0.2) is 41.8 Å². The van der Waals surface area contributed by atoms with Crippen molar-refractivity contribution in [2.75, 3.05) is 6.54 Å². The Morgan fingerprint density at radius 1 is 0.976 bits per heavy atom. The molecule has 1 fully saturated rings. The van der Waals surface area contributed by atoms with E-state index < -0.39 is 29.7 Å². The fraction of sp³-hybridized carbons (Fsp3) is 0.310. The molecule has 0 aliphatic heterocycles. The number of rotatable bonds is 7. The van der Waals surface area contributed by atoms with E-state index in [0.717, 1.165) is 42.9 Å². The largest absolute Gasteiger partial charge is 0.490 e. The third-order valence-electron chi connectivity index (χ3n) is 6.85. The average molecular weight is 598 g/mol. The number of carbonyl (C=O) groups excluding carboxylic acids is 1. The molecule has 0 bridgehead atoms. The molecule has 0 heterocycles. The maximum absolute atomic E-state index is 14.9. The average Bonchev–Trinajstić information content (AvgIpc) is 2.92. The molecule has 41 heavy (non-hydrogen) atoms. The van der Waals surface area contributed by atoms with E-state index in [9.17, 15) is 26.7 Å². The third kappa shape index (κ3) is 8.48. The first-order chi connectivity index (χ1) is 19.3. The van der Waals surface area contributed by atoms with Crippen molar-refractivity contribution in [2.45, 2.75) is 49.9 Å². The van der Waals surface area contributed by atoms with Gasteiger partial charge in [0.25, 0.3) is 0 Å². The number of carboxylic acids is 1. The van der Waals surface area contributed by atoms with Gasteiger partial charge in [0.2, 0.25) is 5.91 Å². The predicted octanol–water partition coefficient (Wildman–Crippen LogP) is 6.01. The van der Waals surface area contributed by atoms with E-state index in [1.807, 2.05) is 36.4 Å². The summed E-state index contributed by atoms with van der Waals surface area (Å²) < 4.78 is 60.8. The predicted molar refractivity (Wildman–Crippen MR) is 146 cm³/mol. The van der Waals surface area contributed by atoms with Gasteiger partial charge in [-0.25, -0.2) is 13.6 Å². The summed E-state index contributed by atoms with van der Waals surface area (Å²) in [6.45, 7) is 0.652. The Bertz CT molecular complexity index is 1360. The standard InChI is InChI=1S/C27H28ClF2N3O.C2HF3O2/c28-23-12-6-17(14-21(23)25-20(27(32)34)11-13-24(29)26(25)30)22(16-4-2-1-3-5-16)15-33-19-9-7-18(31)8-10-19;3-2(4,5)1(6)7/h1-6,11-14,18-19,22,33H,7-10,15,31H2,(H2,32,34);(H,6,7). The van der Waals surface area contributed by atoms with Crippen LogP contribution in [0.4, 0.5) is 22.0 Å². The zero-order valence-electron chi connectivity index (χ0n) is 21.7. The Hall–Kier alpha value is -3.54. The molecule has 0 saturated heterocycles. The summed E-state index contributed by atoms with van der Waals surface area (Å²) in [6, 6.07) is 17.9. The van der Waals surface area contributed by atoms with Crippen molar-refractivity contribution in [3.8, 4) is 11.1 Å². The van der Waals surface area contributed by atoms with Gasteiger partial charge in [0, 0.05) is 40.7 Å². The molecule has 12 heteroatoms. The fourth-order valence-electron chi connectivity index (χ4n) is 4.69. The van der Waals surface area contributed by atoms with Crippen LogP contribution in [0, 0.1) is 11.6 Å². The zero-order chi connectivity index (χ0) is 30.3. The van der Waals surface area contributed by atoms with Crippen LogP contribution in [0.3, 0.4) is 0 Å². The van der Waals surface area contributed by atoms with E-state index in [-0.39, 0.29) is 33.7 Å². The second kappa shape index (κ2) is 13.9. The Balaban J connectivity index is 0.000000587. The van der Waals surface area contributed by atoms with E-state index in [2.05, 4.69) is 5.32 Å². The molecule has 1 aliphatic carbocycles. The Morgan fingerprint density at radius 3 is 2.15 bits per heavy atom. The summed E-state index contributed by atoms with van der Waals surface area (Å²) >= 11 is 6.43. The molecule has 3 aromatic carbocycles. The summed E-state index contributed by atoms with van der Waals surface area (Å²) in [5.41, 5.74) is 13.3. The van der Waals surface area contributed by atoms with Crippen LogP contribution in [0.2, 0.25) is 5.02 Å². The molecule has 0 radical (unpaired) electrons. The normalized spacial score (nSPS) is 17.7. The fourth-order valence-corrected chi connectivity index (χ4v) is 4.90. The number of carboxylic acid groups (broad SMARTS) is 1. The van der Waals surface area contributed by atoms with Crippen LogP contribution in [0.5, 0.6) is 0 Å². The molecule has 1 atom stereocenters. The monoisotopic (exact) mass is 597 g/mol. The number of primary amides is 1. The highest BCUT2D eigenvalue weighted by Gasteiger charge is 2.38. The van der Waals surface area contributed by atoms with E-state index in [4.69, 9.17) is 33.0 Å². The number of carbonyl (C=O) groups is 2. The zero-order valence-corrected chi connectivity index (χ0v) is 22.5. The lowest BCUT2D eigenvalue weighted by molar-refractivity contribution is -0.192. The molecular formula is C29H29ClF5N3O3. The minimum atomic E-state index is -5.08. The summed E-state index contributed by atoms with van der Waals surface area (Å²) in [5.74, 6) is -5.90. The SMILES string of the molecule is NC(=O)c1ccc(F)c(F)c1-c1cc(C(CNC2CCC(N)CC2)c2ccccc2)ccc1Cl.O=C(O)C(F)(F)F. The number of nitrogens with one attached hydrogen (secondary N) is 1. The van der Waals surface area contributed by atoms with Gasteiger partial charge in [0.05, 0.1) is 5.56 Å². The molecule has 0 spiro atoms. The highest BCUT2D eigenvalue weighted by molar-refractivity contribution is 6.33. The first-order valence-corrected chi connectivity index (χ1v) is 13.1. The number of halogens is 6. The Kier molecular flexibility index (Phi) is 10.8. The van der Waals surface area contributed by atoms with Crippen LogP contribution in [0.25, 0.3) is 11.1 Å². The van der Waals surface area contributed by atoms with Gasteiger partial charge in [-0.1, -0.05) is 48.0 Å². The minimum absolute atomic E-state index is 0.0681. The van der Waals surface area contributed by atoms with Crippen LogP contribution in [0.15, 0.2) is 60.7 Å². The smallest absolute Gasteiger partial charge is 0.475 e. The first-order valence-electron chi connectivity index (χ1n) is 12.7. The number of amides is 1. The van der Waals surface area contributed by atoms with Gasteiger partial charge in [-0.05, 0) is 61.1 Å². The lowest BCUT2D eigenvalue weighted by atomic mass is 9.87. The second-order valence-electron chi connectivity index (χ2n) is 9.67. The number of hydrogen-bond donors (Lipinski definition) is 4. The molecule has 6 nitrogen and oxygen atoms in total. The Morgan fingerprint density at radius 2 is 1.59 bits per heavy atom. The highest BCUT2D eigenvalue weighted by Crippen LogP contribution is 2.37. The molecule has 4 rings (SSSR count). The van der Waals surface area contributed by atoms with Crippen molar-refractivity contribution < 1.29 is 36.6 Å². The van der Waals surface area contributed by atoms with Crippen LogP contribution in [0.1, 0.15) is 53.1 Å². The molecule has 0 aromatic heterocycles. The minimum Gasteiger partial charge on any atom is -0.475 e. The van der Waals surface area contributed by atoms with Gasteiger partial charge < -0.3 is 21.9 Å². The lowest BCUT2D eigenvalue weighted by Crippen LogP contribution is -2.39. The highest BCUT2D eigenvalue weighted by atomic mass is 35.5. The number of nitrogens with two attached hydrogens (primary N) is 2. The molecule has 1 saturated carbocycles. The van der Waals surface area contributed by atoms with E-state index in [1.165, 1.54) is 6.07 Å². The molecule has 220 valence electrons. The van der Waals surface area contributed by atoms with Gasteiger partial charge in [0.1, 0.15) is 0 Å². The summed E-state index contributed by atoms with van der Waals surface area (Å²) in [7, 11) is 0. The number of hydrogen-bond acceptors (Lipinski definition) is 4. The van der Waals surface area contributed by atoms with E-state index >= 15 is 0 Å². The maximum atomic E-state index is 14.9. The lowest BCUT2D eigenvalue weighted by Gasteiger charge is -2.29. The van der Waals surface area contributed by atoms with Crippen molar-refractivity contribution in [1.29, 1.82) is 0 Å².